The first-order chi connectivity index (χ1) is 11.4. The van der Waals surface area contributed by atoms with Crippen LogP contribution in [0.4, 0.5) is 0 Å². The standard InChI is InChI=1S/C18H16O4S2/c19-23(20,15-8-3-1-4-9-15)17-12-7-13-18(14-17)24(21,22)16-10-5-2-6-11-16/h1-12,14,18H,13H2. The lowest BCUT2D eigenvalue weighted by molar-refractivity contribution is 0.588. The maximum atomic E-state index is 12.7. The Balaban J connectivity index is 2.02. The van der Waals surface area contributed by atoms with Gasteiger partial charge in [0.1, 0.15) is 0 Å². The molecule has 0 amide bonds. The SMILES string of the molecule is O=S(=O)(C1=CC(S(=O)(=O)c2ccccc2)CC=C1)c1ccccc1. The molecule has 1 aliphatic carbocycles. The molecule has 2 aromatic rings. The average Bonchev–Trinajstić information content (AvgIpc) is 2.63. The fraction of sp³-hybridized carbons (Fsp3) is 0.111. The molecule has 4 nitrogen and oxygen atoms in total. The lowest BCUT2D eigenvalue weighted by atomic mass is 10.2. The van der Waals surface area contributed by atoms with Crippen molar-refractivity contribution in [1.82, 2.24) is 0 Å². The van der Waals surface area contributed by atoms with Gasteiger partial charge in [0.25, 0.3) is 0 Å². The molecule has 0 bridgehead atoms. The van der Waals surface area contributed by atoms with Gasteiger partial charge in [0.15, 0.2) is 9.84 Å². The molecule has 6 heteroatoms. The summed E-state index contributed by atoms with van der Waals surface area (Å²) < 4.78 is 50.8. The molecule has 124 valence electrons. The van der Waals surface area contributed by atoms with Gasteiger partial charge < -0.3 is 0 Å². The summed E-state index contributed by atoms with van der Waals surface area (Å²) in [4.78, 5) is 0.362. The number of allylic oxidation sites excluding steroid dienone is 2. The Morgan fingerprint density at radius 2 is 1.29 bits per heavy atom. The van der Waals surface area contributed by atoms with Crippen LogP contribution in [0.2, 0.25) is 0 Å². The molecule has 1 unspecified atom stereocenters. The maximum Gasteiger partial charge on any atom is 0.206 e. The van der Waals surface area contributed by atoms with E-state index in [4.69, 9.17) is 0 Å². The second-order valence-electron chi connectivity index (χ2n) is 5.42. The zero-order chi connectivity index (χ0) is 17.2. The topological polar surface area (TPSA) is 68.3 Å². The van der Waals surface area contributed by atoms with Gasteiger partial charge in [-0.25, -0.2) is 16.8 Å². The van der Waals surface area contributed by atoms with E-state index in [9.17, 15) is 16.8 Å². The van der Waals surface area contributed by atoms with Crippen LogP contribution >= 0.6 is 0 Å². The smallest absolute Gasteiger partial charge is 0.206 e. The first-order valence-electron chi connectivity index (χ1n) is 7.40. The molecule has 0 saturated heterocycles. The summed E-state index contributed by atoms with van der Waals surface area (Å²) in [6.07, 6.45) is 4.66. The van der Waals surface area contributed by atoms with Crippen LogP contribution < -0.4 is 0 Å². The Morgan fingerprint density at radius 3 is 1.88 bits per heavy atom. The summed E-state index contributed by atoms with van der Waals surface area (Å²) in [6.45, 7) is 0. The minimum atomic E-state index is -3.73. The van der Waals surface area contributed by atoms with Crippen LogP contribution in [0, 0.1) is 0 Å². The molecule has 0 saturated carbocycles. The number of rotatable bonds is 4. The van der Waals surface area contributed by atoms with Crippen LogP contribution in [0.3, 0.4) is 0 Å². The molecule has 0 heterocycles. The molecule has 0 fully saturated rings. The second kappa shape index (κ2) is 6.37. The van der Waals surface area contributed by atoms with Gasteiger partial charge in [0.2, 0.25) is 9.84 Å². The van der Waals surface area contributed by atoms with Crippen LogP contribution in [0.5, 0.6) is 0 Å². The van der Waals surface area contributed by atoms with Crippen LogP contribution in [-0.2, 0) is 19.7 Å². The first-order valence-corrected chi connectivity index (χ1v) is 10.4. The van der Waals surface area contributed by atoms with E-state index in [0.717, 1.165) is 0 Å². The van der Waals surface area contributed by atoms with Crippen molar-refractivity contribution in [1.29, 1.82) is 0 Å². The highest BCUT2D eigenvalue weighted by atomic mass is 32.2. The third-order valence-electron chi connectivity index (χ3n) is 3.83. The lowest BCUT2D eigenvalue weighted by Gasteiger charge is -2.17. The van der Waals surface area contributed by atoms with E-state index in [1.54, 1.807) is 42.5 Å². The molecular formula is C18H16O4S2. The Kier molecular flexibility index (Phi) is 4.43. The molecule has 0 aromatic heterocycles. The number of benzene rings is 2. The van der Waals surface area contributed by atoms with Crippen molar-refractivity contribution in [3.05, 3.63) is 83.8 Å². The third-order valence-corrected chi connectivity index (χ3v) is 7.68. The molecule has 2 aromatic carbocycles. The third kappa shape index (κ3) is 3.07. The molecule has 0 radical (unpaired) electrons. The summed E-state index contributed by atoms with van der Waals surface area (Å²) in [6, 6.07) is 16.1. The Bertz CT molecular complexity index is 987. The highest BCUT2D eigenvalue weighted by Crippen LogP contribution is 2.28. The minimum absolute atomic E-state index is 0.0180. The summed E-state index contributed by atoms with van der Waals surface area (Å²) in [5.41, 5.74) is 0. The molecule has 0 aliphatic heterocycles. The number of sulfone groups is 2. The van der Waals surface area contributed by atoms with Gasteiger partial charge in [-0.05, 0) is 42.8 Å². The normalized spacial score (nSPS) is 18.2. The zero-order valence-electron chi connectivity index (χ0n) is 12.7. The second-order valence-corrected chi connectivity index (χ2v) is 9.54. The van der Waals surface area contributed by atoms with Gasteiger partial charge in [-0.15, -0.1) is 0 Å². The van der Waals surface area contributed by atoms with Gasteiger partial charge in [0, 0.05) is 0 Å². The van der Waals surface area contributed by atoms with Gasteiger partial charge in [-0.3, -0.25) is 0 Å². The Labute approximate surface area is 142 Å². The quantitative estimate of drug-likeness (QED) is 0.840. The zero-order valence-corrected chi connectivity index (χ0v) is 14.4. The van der Waals surface area contributed by atoms with Crippen molar-refractivity contribution in [2.75, 3.05) is 0 Å². The largest absolute Gasteiger partial charge is 0.223 e. The Morgan fingerprint density at radius 1 is 0.750 bits per heavy atom. The number of hydrogen-bond donors (Lipinski definition) is 0. The van der Waals surface area contributed by atoms with E-state index >= 15 is 0 Å². The molecule has 24 heavy (non-hydrogen) atoms. The predicted molar refractivity (Wildman–Crippen MR) is 92.9 cm³/mol. The van der Waals surface area contributed by atoms with E-state index in [1.165, 1.54) is 36.4 Å². The van der Waals surface area contributed by atoms with E-state index < -0.39 is 24.9 Å². The van der Waals surface area contributed by atoms with Crippen molar-refractivity contribution < 1.29 is 16.8 Å². The van der Waals surface area contributed by atoms with Crippen molar-refractivity contribution in [2.24, 2.45) is 0 Å². The summed E-state index contributed by atoms with van der Waals surface area (Å²) >= 11 is 0. The number of hydrogen-bond acceptors (Lipinski definition) is 4. The first kappa shape index (κ1) is 16.7. The highest BCUT2D eigenvalue weighted by Gasteiger charge is 2.30. The van der Waals surface area contributed by atoms with Crippen LogP contribution in [0.25, 0.3) is 0 Å². The monoisotopic (exact) mass is 360 g/mol. The predicted octanol–water partition coefficient (Wildman–Crippen LogP) is 3.15. The van der Waals surface area contributed by atoms with Crippen molar-refractivity contribution in [3.63, 3.8) is 0 Å². The van der Waals surface area contributed by atoms with Crippen LogP contribution in [0.15, 0.2) is 93.6 Å². The van der Waals surface area contributed by atoms with E-state index in [2.05, 4.69) is 0 Å². The molecule has 3 rings (SSSR count). The van der Waals surface area contributed by atoms with Crippen LogP contribution in [0.1, 0.15) is 6.42 Å². The van der Waals surface area contributed by atoms with Crippen molar-refractivity contribution in [3.8, 4) is 0 Å². The maximum absolute atomic E-state index is 12.7. The summed E-state index contributed by atoms with van der Waals surface area (Å²) in [5.74, 6) is 0. The Hall–Kier alpha value is -2.18. The van der Waals surface area contributed by atoms with Crippen molar-refractivity contribution >= 4 is 19.7 Å². The van der Waals surface area contributed by atoms with Gasteiger partial charge in [0.05, 0.1) is 19.9 Å². The van der Waals surface area contributed by atoms with Gasteiger partial charge >= 0.3 is 0 Å². The van der Waals surface area contributed by atoms with Crippen molar-refractivity contribution in [2.45, 2.75) is 21.5 Å². The molecule has 1 aliphatic rings. The summed E-state index contributed by atoms with van der Waals surface area (Å²) in [5, 5.41) is -0.890. The fourth-order valence-corrected chi connectivity index (χ4v) is 5.61. The lowest BCUT2D eigenvalue weighted by Crippen LogP contribution is -2.22. The molecule has 1 atom stereocenters. The van der Waals surface area contributed by atoms with Gasteiger partial charge in [-0.2, -0.15) is 0 Å². The molecular weight excluding hydrogens is 344 g/mol. The fourth-order valence-electron chi connectivity index (χ4n) is 2.54. The molecule has 0 spiro atoms. The molecule has 0 N–H and O–H groups in total. The summed E-state index contributed by atoms with van der Waals surface area (Å²) in [7, 11) is -7.36. The van der Waals surface area contributed by atoms with E-state index in [-0.39, 0.29) is 21.1 Å². The van der Waals surface area contributed by atoms with Gasteiger partial charge in [-0.1, -0.05) is 42.5 Å². The highest BCUT2D eigenvalue weighted by molar-refractivity contribution is 7.95. The van der Waals surface area contributed by atoms with E-state index in [0.29, 0.717) is 0 Å². The van der Waals surface area contributed by atoms with Crippen LogP contribution in [-0.4, -0.2) is 22.1 Å². The minimum Gasteiger partial charge on any atom is -0.223 e. The van der Waals surface area contributed by atoms with E-state index in [1.807, 2.05) is 0 Å². The average molecular weight is 360 g/mol.